The molecule has 1 fully saturated rings. The van der Waals surface area contributed by atoms with Gasteiger partial charge in [0, 0.05) is 25.2 Å². The van der Waals surface area contributed by atoms with Crippen molar-refractivity contribution in [2.75, 3.05) is 25.4 Å². The van der Waals surface area contributed by atoms with Gasteiger partial charge < -0.3 is 15.4 Å². The highest BCUT2D eigenvalue weighted by Crippen LogP contribution is 2.20. The van der Waals surface area contributed by atoms with Gasteiger partial charge in [0.2, 0.25) is 5.91 Å². The lowest BCUT2D eigenvalue weighted by molar-refractivity contribution is -0.151. The molecule has 128 valence electrons. The molecular weight excluding hydrogens is 316 g/mol. The molecule has 1 aliphatic rings. The molecule has 2 N–H and O–H groups in total. The normalized spacial score (nSPS) is 17.3. The number of hydrogen-bond donors (Lipinski definition) is 1. The second-order valence-electron chi connectivity index (χ2n) is 5.63. The first-order valence-corrected chi connectivity index (χ1v) is 7.89. The third-order valence-corrected chi connectivity index (χ3v) is 4.06. The maximum absolute atomic E-state index is 12.3. The minimum absolute atomic E-state index is 0. The first-order valence-electron chi connectivity index (χ1n) is 7.89. The van der Waals surface area contributed by atoms with Crippen molar-refractivity contribution in [3.05, 3.63) is 29.8 Å². The van der Waals surface area contributed by atoms with E-state index in [1.807, 2.05) is 24.3 Å². The van der Waals surface area contributed by atoms with Crippen LogP contribution in [-0.2, 0) is 20.7 Å². The van der Waals surface area contributed by atoms with Gasteiger partial charge in [-0.1, -0.05) is 18.2 Å². The zero-order chi connectivity index (χ0) is 15.9. The molecule has 5 nitrogen and oxygen atoms in total. The number of amides is 1. The summed E-state index contributed by atoms with van der Waals surface area (Å²) in [4.78, 5) is 25.9. The highest BCUT2D eigenvalue weighted by Gasteiger charge is 2.29. The number of piperidine rings is 1. The number of hydrogen-bond acceptors (Lipinski definition) is 4. The van der Waals surface area contributed by atoms with E-state index in [9.17, 15) is 9.59 Å². The molecule has 23 heavy (non-hydrogen) atoms. The minimum Gasteiger partial charge on any atom is -0.466 e. The average Bonchev–Trinajstić information content (AvgIpc) is 2.54. The van der Waals surface area contributed by atoms with Crippen LogP contribution in [0, 0.1) is 5.92 Å². The summed E-state index contributed by atoms with van der Waals surface area (Å²) < 4.78 is 5.06. The number of ether oxygens (including phenoxy) is 1. The fourth-order valence-corrected chi connectivity index (χ4v) is 2.82. The SMILES string of the molecule is CCOC(=O)C1CCCN(C(=O)CCc2ccccc2N)C1.Cl. The van der Waals surface area contributed by atoms with Gasteiger partial charge in [-0.2, -0.15) is 0 Å². The van der Waals surface area contributed by atoms with Crippen LogP contribution in [0.15, 0.2) is 24.3 Å². The number of likely N-dealkylation sites (tertiary alicyclic amines) is 1. The van der Waals surface area contributed by atoms with Crippen molar-refractivity contribution >= 4 is 30.0 Å². The summed E-state index contributed by atoms with van der Waals surface area (Å²) in [5, 5.41) is 0. The summed E-state index contributed by atoms with van der Waals surface area (Å²) >= 11 is 0. The molecule has 1 aromatic rings. The lowest BCUT2D eigenvalue weighted by Crippen LogP contribution is -2.42. The molecule has 1 amide bonds. The van der Waals surface area contributed by atoms with Gasteiger partial charge in [0.15, 0.2) is 0 Å². The monoisotopic (exact) mass is 340 g/mol. The smallest absolute Gasteiger partial charge is 0.310 e. The Morgan fingerprint density at radius 1 is 1.35 bits per heavy atom. The van der Waals surface area contributed by atoms with Crippen LogP contribution in [0.2, 0.25) is 0 Å². The number of para-hydroxylation sites is 1. The molecule has 1 aliphatic heterocycles. The van der Waals surface area contributed by atoms with E-state index in [1.54, 1.807) is 11.8 Å². The number of nitrogens with zero attached hydrogens (tertiary/aromatic N) is 1. The fourth-order valence-electron chi connectivity index (χ4n) is 2.82. The lowest BCUT2D eigenvalue weighted by Gasteiger charge is -2.31. The Morgan fingerprint density at radius 2 is 2.09 bits per heavy atom. The van der Waals surface area contributed by atoms with Crippen molar-refractivity contribution in [1.29, 1.82) is 0 Å². The second-order valence-corrected chi connectivity index (χ2v) is 5.63. The number of rotatable bonds is 5. The van der Waals surface area contributed by atoms with Crippen molar-refractivity contribution in [2.45, 2.75) is 32.6 Å². The maximum atomic E-state index is 12.3. The lowest BCUT2D eigenvalue weighted by atomic mass is 9.97. The van der Waals surface area contributed by atoms with Gasteiger partial charge in [-0.15, -0.1) is 12.4 Å². The van der Waals surface area contributed by atoms with Crippen molar-refractivity contribution in [1.82, 2.24) is 4.90 Å². The third-order valence-electron chi connectivity index (χ3n) is 4.06. The van der Waals surface area contributed by atoms with Gasteiger partial charge in [-0.05, 0) is 37.8 Å². The molecule has 1 heterocycles. The zero-order valence-electron chi connectivity index (χ0n) is 13.5. The van der Waals surface area contributed by atoms with E-state index in [2.05, 4.69) is 0 Å². The number of aryl methyl sites for hydroxylation is 1. The van der Waals surface area contributed by atoms with Gasteiger partial charge in [-0.3, -0.25) is 9.59 Å². The summed E-state index contributed by atoms with van der Waals surface area (Å²) in [6.07, 6.45) is 2.70. The largest absolute Gasteiger partial charge is 0.466 e. The maximum Gasteiger partial charge on any atom is 0.310 e. The van der Waals surface area contributed by atoms with Crippen molar-refractivity contribution in [3.8, 4) is 0 Å². The summed E-state index contributed by atoms with van der Waals surface area (Å²) in [6, 6.07) is 7.60. The van der Waals surface area contributed by atoms with E-state index >= 15 is 0 Å². The number of benzene rings is 1. The number of carbonyl (C=O) groups excluding carboxylic acids is 2. The first-order chi connectivity index (χ1) is 10.6. The molecule has 0 radical (unpaired) electrons. The molecule has 1 saturated heterocycles. The highest BCUT2D eigenvalue weighted by atomic mass is 35.5. The Bertz CT molecular complexity index is 536. The molecule has 0 aromatic heterocycles. The predicted octanol–water partition coefficient (Wildman–Crippen LogP) is 2.42. The Balaban J connectivity index is 0.00000264. The van der Waals surface area contributed by atoms with E-state index in [1.165, 1.54) is 0 Å². The number of halogens is 1. The predicted molar refractivity (Wildman–Crippen MR) is 92.4 cm³/mol. The number of anilines is 1. The topological polar surface area (TPSA) is 72.6 Å². The number of carbonyl (C=O) groups is 2. The third kappa shape index (κ3) is 5.43. The van der Waals surface area contributed by atoms with Gasteiger partial charge in [0.1, 0.15) is 0 Å². The first kappa shape index (κ1) is 19.3. The standard InChI is InChI=1S/C17H24N2O3.ClH/c1-2-22-17(21)14-7-5-11-19(12-14)16(20)10-9-13-6-3-4-8-15(13)18;/h3-4,6,8,14H,2,5,7,9-12,18H2,1H3;1H. The zero-order valence-corrected chi connectivity index (χ0v) is 14.3. The molecular formula is C17H25ClN2O3. The quantitative estimate of drug-likeness (QED) is 0.660. The van der Waals surface area contributed by atoms with E-state index < -0.39 is 0 Å². The molecule has 0 bridgehead atoms. The Morgan fingerprint density at radius 3 is 2.78 bits per heavy atom. The van der Waals surface area contributed by atoms with Gasteiger partial charge >= 0.3 is 5.97 Å². The number of esters is 1. The van der Waals surface area contributed by atoms with Crippen LogP contribution >= 0.6 is 12.4 Å². The molecule has 0 spiro atoms. The fraction of sp³-hybridized carbons (Fsp3) is 0.529. The van der Waals surface area contributed by atoms with Crippen LogP contribution in [0.5, 0.6) is 0 Å². The van der Waals surface area contributed by atoms with Crippen LogP contribution < -0.4 is 5.73 Å². The number of nitrogen functional groups attached to an aromatic ring is 1. The number of nitrogens with two attached hydrogens (primary N) is 1. The van der Waals surface area contributed by atoms with E-state index in [0.717, 1.165) is 30.6 Å². The van der Waals surface area contributed by atoms with Crippen LogP contribution in [0.3, 0.4) is 0 Å². The van der Waals surface area contributed by atoms with E-state index in [-0.39, 0.29) is 30.2 Å². The molecule has 2 rings (SSSR count). The molecule has 0 aliphatic carbocycles. The van der Waals surface area contributed by atoms with Crippen LogP contribution in [0.4, 0.5) is 5.69 Å². The average molecular weight is 341 g/mol. The highest BCUT2D eigenvalue weighted by molar-refractivity contribution is 5.85. The molecule has 0 saturated carbocycles. The minimum atomic E-state index is -0.188. The van der Waals surface area contributed by atoms with E-state index in [0.29, 0.717) is 26.0 Å². The van der Waals surface area contributed by atoms with Gasteiger partial charge in [0.05, 0.1) is 12.5 Å². The van der Waals surface area contributed by atoms with Crippen molar-refractivity contribution < 1.29 is 14.3 Å². The van der Waals surface area contributed by atoms with Crippen LogP contribution in [0.1, 0.15) is 31.7 Å². The summed E-state index contributed by atoms with van der Waals surface area (Å²) in [5.74, 6) is -0.288. The summed E-state index contributed by atoms with van der Waals surface area (Å²) in [7, 11) is 0. The van der Waals surface area contributed by atoms with Gasteiger partial charge in [0.25, 0.3) is 0 Å². The van der Waals surface area contributed by atoms with Gasteiger partial charge in [-0.25, -0.2) is 0 Å². The van der Waals surface area contributed by atoms with E-state index in [4.69, 9.17) is 10.5 Å². The van der Waals surface area contributed by atoms with Crippen molar-refractivity contribution in [2.24, 2.45) is 5.92 Å². The molecule has 6 heteroatoms. The summed E-state index contributed by atoms with van der Waals surface area (Å²) in [5.41, 5.74) is 7.61. The summed E-state index contributed by atoms with van der Waals surface area (Å²) in [6.45, 7) is 3.38. The molecule has 1 aromatic carbocycles. The Labute approximate surface area is 143 Å². The molecule has 1 atom stereocenters. The second kappa shape index (κ2) is 9.40. The van der Waals surface area contributed by atoms with Crippen LogP contribution in [0.25, 0.3) is 0 Å². The Kier molecular flexibility index (Phi) is 7.89. The Hall–Kier alpha value is -1.75. The molecule has 1 unspecified atom stereocenters. The van der Waals surface area contributed by atoms with Crippen LogP contribution in [-0.4, -0.2) is 36.5 Å². The van der Waals surface area contributed by atoms with Crippen molar-refractivity contribution in [3.63, 3.8) is 0 Å².